The molecule has 0 amide bonds. The number of anilines is 1. The van der Waals surface area contributed by atoms with E-state index in [1.54, 1.807) is 4.68 Å². The van der Waals surface area contributed by atoms with Crippen molar-refractivity contribution in [3.8, 4) is 5.82 Å². The van der Waals surface area contributed by atoms with Crippen LogP contribution in [0.1, 0.15) is 26.0 Å². The van der Waals surface area contributed by atoms with E-state index in [2.05, 4.69) is 20.6 Å². The molecule has 0 aliphatic heterocycles. The molecular formula is C14H21N5O. The first-order valence-corrected chi connectivity index (χ1v) is 6.87. The highest BCUT2D eigenvalue weighted by molar-refractivity contribution is 5.35. The van der Waals surface area contributed by atoms with E-state index in [1.807, 2.05) is 45.2 Å². The molecule has 0 radical (unpaired) electrons. The van der Waals surface area contributed by atoms with Gasteiger partial charge in [-0.1, -0.05) is 0 Å². The minimum atomic E-state index is 0.284. The van der Waals surface area contributed by atoms with Gasteiger partial charge in [0.1, 0.15) is 5.82 Å². The Morgan fingerprint density at radius 2 is 2.10 bits per heavy atom. The second kappa shape index (κ2) is 7.00. The summed E-state index contributed by atoms with van der Waals surface area (Å²) in [6, 6.07) is 5.73. The Labute approximate surface area is 119 Å². The Hall–Kier alpha value is -1.95. The average Bonchev–Trinajstić information content (AvgIpc) is 2.85. The molecule has 6 nitrogen and oxygen atoms in total. The number of rotatable bonds is 7. The molecule has 6 heteroatoms. The second-order valence-corrected chi connectivity index (χ2v) is 4.88. The summed E-state index contributed by atoms with van der Waals surface area (Å²) in [4.78, 5) is 0. The summed E-state index contributed by atoms with van der Waals surface area (Å²) in [7, 11) is 0. The molecule has 0 saturated carbocycles. The molecule has 20 heavy (non-hydrogen) atoms. The second-order valence-electron chi connectivity index (χ2n) is 4.88. The van der Waals surface area contributed by atoms with Crippen molar-refractivity contribution < 1.29 is 4.74 Å². The first-order chi connectivity index (χ1) is 9.65. The molecule has 0 aliphatic rings. The molecule has 108 valence electrons. The lowest BCUT2D eigenvalue weighted by molar-refractivity contribution is 0.0787. The lowest BCUT2D eigenvalue weighted by atomic mass is 10.4. The predicted molar refractivity (Wildman–Crippen MR) is 78.1 cm³/mol. The number of ether oxygens (including phenoxy) is 1. The predicted octanol–water partition coefficient (Wildman–Crippen LogP) is 2.20. The van der Waals surface area contributed by atoms with Gasteiger partial charge in [-0.3, -0.25) is 0 Å². The van der Waals surface area contributed by atoms with Crippen molar-refractivity contribution in [1.82, 2.24) is 20.0 Å². The van der Waals surface area contributed by atoms with E-state index in [4.69, 9.17) is 4.74 Å². The van der Waals surface area contributed by atoms with E-state index in [0.29, 0.717) is 5.82 Å². The lowest BCUT2D eigenvalue weighted by Crippen LogP contribution is -2.10. The number of nitrogens with zero attached hydrogens (tertiary/aromatic N) is 4. The van der Waals surface area contributed by atoms with Crippen LogP contribution in [0.2, 0.25) is 0 Å². The summed E-state index contributed by atoms with van der Waals surface area (Å²) in [6.45, 7) is 7.59. The SMILES string of the molecule is Cc1ccn(-c2ccc(NCCCOC(C)C)nn2)n1. The summed E-state index contributed by atoms with van der Waals surface area (Å²) in [5, 5.41) is 15.8. The van der Waals surface area contributed by atoms with E-state index in [-0.39, 0.29) is 6.10 Å². The normalized spacial score (nSPS) is 11.0. The van der Waals surface area contributed by atoms with E-state index >= 15 is 0 Å². The number of hydrogen-bond donors (Lipinski definition) is 1. The van der Waals surface area contributed by atoms with Crippen LogP contribution in [0.5, 0.6) is 0 Å². The Morgan fingerprint density at radius 3 is 2.70 bits per heavy atom. The fourth-order valence-corrected chi connectivity index (χ4v) is 1.69. The van der Waals surface area contributed by atoms with Crippen molar-refractivity contribution >= 4 is 5.82 Å². The van der Waals surface area contributed by atoms with Crippen LogP contribution in [-0.2, 0) is 4.74 Å². The maximum absolute atomic E-state index is 5.47. The van der Waals surface area contributed by atoms with Crippen molar-refractivity contribution in [1.29, 1.82) is 0 Å². The third-order valence-electron chi connectivity index (χ3n) is 2.69. The molecule has 1 N–H and O–H groups in total. The van der Waals surface area contributed by atoms with Gasteiger partial charge < -0.3 is 10.1 Å². The number of aryl methyl sites for hydroxylation is 1. The molecular weight excluding hydrogens is 254 g/mol. The van der Waals surface area contributed by atoms with Gasteiger partial charge in [0.25, 0.3) is 0 Å². The highest BCUT2D eigenvalue weighted by atomic mass is 16.5. The van der Waals surface area contributed by atoms with Gasteiger partial charge in [-0.15, -0.1) is 10.2 Å². The zero-order chi connectivity index (χ0) is 14.4. The third-order valence-corrected chi connectivity index (χ3v) is 2.69. The van der Waals surface area contributed by atoms with Crippen molar-refractivity contribution in [2.75, 3.05) is 18.5 Å². The number of hydrogen-bond acceptors (Lipinski definition) is 5. The first kappa shape index (κ1) is 14.5. The van der Waals surface area contributed by atoms with E-state index in [9.17, 15) is 0 Å². The highest BCUT2D eigenvalue weighted by Crippen LogP contribution is 2.06. The minimum Gasteiger partial charge on any atom is -0.379 e. The molecule has 0 fully saturated rings. The molecule has 0 aromatic carbocycles. The Bertz CT molecular complexity index is 521. The summed E-state index contributed by atoms with van der Waals surface area (Å²) in [5.74, 6) is 1.48. The zero-order valence-corrected chi connectivity index (χ0v) is 12.2. The Morgan fingerprint density at radius 1 is 1.25 bits per heavy atom. The van der Waals surface area contributed by atoms with Crippen molar-refractivity contribution in [2.45, 2.75) is 33.3 Å². The maximum atomic E-state index is 5.47. The van der Waals surface area contributed by atoms with Crippen LogP contribution in [-0.4, -0.2) is 39.2 Å². The van der Waals surface area contributed by atoms with Gasteiger partial charge in [0.05, 0.1) is 11.8 Å². The molecule has 0 unspecified atom stereocenters. The van der Waals surface area contributed by atoms with Gasteiger partial charge in [-0.2, -0.15) is 5.10 Å². The van der Waals surface area contributed by atoms with Crippen LogP contribution < -0.4 is 5.32 Å². The quantitative estimate of drug-likeness (QED) is 0.785. The van der Waals surface area contributed by atoms with Crippen LogP contribution in [0.25, 0.3) is 5.82 Å². The van der Waals surface area contributed by atoms with Crippen LogP contribution in [0.4, 0.5) is 5.82 Å². The van der Waals surface area contributed by atoms with Gasteiger partial charge in [-0.25, -0.2) is 4.68 Å². The van der Waals surface area contributed by atoms with Gasteiger partial charge in [0.15, 0.2) is 5.82 Å². The lowest BCUT2D eigenvalue weighted by Gasteiger charge is -2.08. The van der Waals surface area contributed by atoms with Crippen molar-refractivity contribution in [3.63, 3.8) is 0 Å². The standard InChI is InChI=1S/C14H21N5O/c1-11(2)20-10-4-8-15-13-5-6-14(17-16-13)19-9-7-12(3)18-19/h5-7,9,11H,4,8,10H2,1-3H3,(H,15,16). The zero-order valence-electron chi connectivity index (χ0n) is 12.2. The highest BCUT2D eigenvalue weighted by Gasteiger charge is 2.01. The fourth-order valence-electron chi connectivity index (χ4n) is 1.69. The minimum absolute atomic E-state index is 0.284. The van der Waals surface area contributed by atoms with Gasteiger partial charge in [0, 0.05) is 19.3 Å². The molecule has 2 rings (SSSR count). The number of nitrogens with one attached hydrogen (secondary N) is 1. The smallest absolute Gasteiger partial charge is 0.175 e. The van der Waals surface area contributed by atoms with E-state index < -0.39 is 0 Å². The fraction of sp³-hybridized carbons (Fsp3) is 0.500. The summed E-state index contributed by atoms with van der Waals surface area (Å²) in [5.41, 5.74) is 0.958. The molecule has 2 aromatic heterocycles. The molecule has 2 heterocycles. The van der Waals surface area contributed by atoms with Crippen LogP contribution in [0, 0.1) is 6.92 Å². The van der Waals surface area contributed by atoms with Crippen molar-refractivity contribution in [3.05, 3.63) is 30.1 Å². The number of aromatic nitrogens is 4. The topological polar surface area (TPSA) is 64.9 Å². The van der Waals surface area contributed by atoms with Crippen molar-refractivity contribution in [2.24, 2.45) is 0 Å². The molecule has 0 spiro atoms. The summed E-state index contributed by atoms with van der Waals surface area (Å²) >= 11 is 0. The molecule has 0 saturated heterocycles. The van der Waals surface area contributed by atoms with Gasteiger partial charge in [-0.05, 0) is 45.4 Å². The van der Waals surface area contributed by atoms with Crippen LogP contribution >= 0.6 is 0 Å². The third kappa shape index (κ3) is 4.31. The van der Waals surface area contributed by atoms with Gasteiger partial charge >= 0.3 is 0 Å². The summed E-state index contributed by atoms with van der Waals surface area (Å²) in [6.07, 6.45) is 3.10. The molecule has 0 aliphatic carbocycles. The monoisotopic (exact) mass is 275 g/mol. The Balaban J connectivity index is 1.80. The van der Waals surface area contributed by atoms with E-state index in [1.165, 1.54) is 0 Å². The average molecular weight is 275 g/mol. The molecule has 2 aromatic rings. The molecule has 0 bridgehead atoms. The summed E-state index contributed by atoms with van der Waals surface area (Å²) < 4.78 is 7.18. The van der Waals surface area contributed by atoms with Crippen LogP contribution in [0.15, 0.2) is 24.4 Å². The van der Waals surface area contributed by atoms with E-state index in [0.717, 1.165) is 31.1 Å². The van der Waals surface area contributed by atoms with Gasteiger partial charge in [0.2, 0.25) is 0 Å². The van der Waals surface area contributed by atoms with Crippen LogP contribution in [0.3, 0.4) is 0 Å². The largest absolute Gasteiger partial charge is 0.379 e. The Kier molecular flexibility index (Phi) is 5.06. The molecule has 0 atom stereocenters. The maximum Gasteiger partial charge on any atom is 0.175 e. The first-order valence-electron chi connectivity index (χ1n) is 6.87.